The van der Waals surface area contributed by atoms with Gasteiger partial charge in [0.15, 0.2) is 17.0 Å². The smallest absolute Gasteiger partial charge is 0.280 e. The zero-order valence-corrected chi connectivity index (χ0v) is 18.2. The molecule has 0 unspecified atom stereocenters. The first-order valence-corrected chi connectivity index (χ1v) is 10.5. The van der Waals surface area contributed by atoms with Crippen molar-refractivity contribution in [1.82, 2.24) is 29.2 Å². The number of halogens is 1. The summed E-state index contributed by atoms with van der Waals surface area (Å²) in [5.74, 6) is 0.830. The predicted molar refractivity (Wildman–Crippen MR) is 115 cm³/mol. The molecule has 0 saturated heterocycles. The van der Waals surface area contributed by atoms with Crippen LogP contribution in [0.4, 0.5) is 0 Å². The molecule has 0 spiro atoms. The molecule has 1 fully saturated rings. The van der Waals surface area contributed by atoms with E-state index < -0.39 is 5.60 Å². The second kappa shape index (κ2) is 8.24. The topological polar surface area (TPSA) is 112 Å². The van der Waals surface area contributed by atoms with Gasteiger partial charge in [-0.2, -0.15) is 4.98 Å². The number of aryl methyl sites for hydroxylation is 1. The van der Waals surface area contributed by atoms with E-state index in [1.807, 2.05) is 26.0 Å². The third-order valence-electron chi connectivity index (χ3n) is 5.40. The van der Waals surface area contributed by atoms with Gasteiger partial charge in [0.05, 0.1) is 11.9 Å². The van der Waals surface area contributed by atoms with Gasteiger partial charge in [-0.05, 0) is 30.5 Å². The van der Waals surface area contributed by atoms with Crippen LogP contribution in [0.1, 0.15) is 49.9 Å². The number of hydrogen-bond acceptors (Lipinski definition) is 7. The van der Waals surface area contributed by atoms with Gasteiger partial charge >= 0.3 is 0 Å². The Kier molecular flexibility index (Phi) is 5.63. The second-order valence-corrected chi connectivity index (χ2v) is 7.83. The summed E-state index contributed by atoms with van der Waals surface area (Å²) in [6, 6.07) is 7.18. The maximum atomic E-state index is 12.6. The van der Waals surface area contributed by atoms with Crippen LogP contribution in [0.2, 0.25) is 5.02 Å². The highest BCUT2D eigenvalue weighted by Crippen LogP contribution is 2.50. The zero-order valence-electron chi connectivity index (χ0n) is 17.5. The molecule has 1 aromatic carbocycles. The summed E-state index contributed by atoms with van der Waals surface area (Å²) in [7, 11) is 1.74. The van der Waals surface area contributed by atoms with Crippen LogP contribution in [-0.2, 0) is 19.2 Å². The average Bonchev–Trinajstić information content (AvgIpc) is 3.37. The molecule has 0 bridgehead atoms. The Morgan fingerprint density at radius 1 is 1.19 bits per heavy atom. The summed E-state index contributed by atoms with van der Waals surface area (Å²) < 4.78 is 8.36. The lowest BCUT2D eigenvalue weighted by Crippen LogP contribution is -2.40. The van der Waals surface area contributed by atoms with Gasteiger partial charge in [0.2, 0.25) is 5.89 Å². The van der Waals surface area contributed by atoms with Crippen LogP contribution in [0.3, 0.4) is 0 Å². The third kappa shape index (κ3) is 3.86. The van der Waals surface area contributed by atoms with E-state index in [-0.39, 0.29) is 18.0 Å². The Hall–Kier alpha value is -3.04. The van der Waals surface area contributed by atoms with E-state index in [9.17, 15) is 9.90 Å². The van der Waals surface area contributed by atoms with Crippen molar-refractivity contribution in [2.75, 3.05) is 0 Å². The van der Waals surface area contributed by atoms with Gasteiger partial charge in [0.25, 0.3) is 5.56 Å². The minimum atomic E-state index is -0.915. The van der Waals surface area contributed by atoms with Crippen LogP contribution in [0.25, 0.3) is 11.2 Å². The largest absolute Gasteiger partial charge is 0.385 e. The van der Waals surface area contributed by atoms with Crippen molar-refractivity contribution in [3.05, 3.63) is 69.6 Å². The third-order valence-corrected chi connectivity index (χ3v) is 5.66. The lowest BCUT2D eigenvalue weighted by molar-refractivity contribution is -0.0573. The number of aliphatic hydroxyl groups is 1. The highest BCUT2D eigenvalue weighted by atomic mass is 35.5. The molecule has 0 aliphatic heterocycles. The molecule has 9 nitrogen and oxygen atoms in total. The molecule has 0 amide bonds. The molecule has 3 aromatic heterocycles. The summed E-state index contributed by atoms with van der Waals surface area (Å²) in [6.07, 6.45) is 3.96. The molecule has 5 rings (SSSR count). The number of benzene rings is 1. The summed E-state index contributed by atoms with van der Waals surface area (Å²) >= 11 is 5.91. The molecule has 3 heterocycles. The average molecular weight is 443 g/mol. The number of hydrogen-bond donors (Lipinski definition) is 1. The van der Waals surface area contributed by atoms with Crippen molar-refractivity contribution in [1.29, 1.82) is 0 Å². The second-order valence-electron chi connectivity index (χ2n) is 7.40. The number of imidazole rings is 1. The quantitative estimate of drug-likeness (QED) is 0.517. The van der Waals surface area contributed by atoms with E-state index in [0.717, 1.165) is 5.56 Å². The van der Waals surface area contributed by atoms with E-state index in [2.05, 4.69) is 20.1 Å². The molecular formula is C21H23ClN6O3. The first-order chi connectivity index (χ1) is 14.9. The molecule has 4 aromatic rings. The molecular weight excluding hydrogens is 420 g/mol. The molecule has 0 atom stereocenters. The normalized spacial score (nSPS) is 20.2. The Labute approximate surface area is 183 Å². The van der Waals surface area contributed by atoms with Gasteiger partial charge in [-0.15, -0.1) is 0 Å². The van der Waals surface area contributed by atoms with Crippen LogP contribution >= 0.6 is 11.6 Å². The number of nitrogens with zero attached hydrogens (tertiary/aromatic N) is 6. The summed E-state index contributed by atoms with van der Waals surface area (Å²) in [4.78, 5) is 25.3. The van der Waals surface area contributed by atoms with Crippen molar-refractivity contribution < 1.29 is 9.63 Å². The molecule has 1 N–H and O–H groups in total. The zero-order chi connectivity index (χ0) is 22.2. The highest BCUT2D eigenvalue weighted by molar-refractivity contribution is 6.30. The number of fused-ring (bicyclic) bond motifs is 1. The predicted octanol–water partition coefficient (Wildman–Crippen LogP) is 3.01. The number of aromatic nitrogens is 6. The minimum Gasteiger partial charge on any atom is -0.385 e. The van der Waals surface area contributed by atoms with Crippen LogP contribution in [0.15, 0.2) is 46.2 Å². The molecule has 1 saturated carbocycles. The van der Waals surface area contributed by atoms with Gasteiger partial charge in [0.1, 0.15) is 12.9 Å². The molecule has 1 aliphatic carbocycles. The van der Waals surface area contributed by atoms with E-state index >= 15 is 0 Å². The molecule has 0 radical (unpaired) electrons. The fourth-order valence-corrected chi connectivity index (χ4v) is 3.89. The maximum Gasteiger partial charge on any atom is 0.280 e. The fraction of sp³-hybridized carbons (Fsp3) is 0.381. The van der Waals surface area contributed by atoms with Crippen molar-refractivity contribution >= 4 is 22.8 Å². The molecule has 1 aliphatic rings. The van der Waals surface area contributed by atoms with Crippen molar-refractivity contribution in [2.45, 2.75) is 44.8 Å². The van der Waals surface area contributed by atoms with Gasteiger partial charge in [-0.25, -0.2) is 9.97 Å². The fourth-order valence-electron chi connectivity index (χ4n) is 3.76. The van der Waals surface area contributed by atoms with Crippen molar-refractivity contribution in [3.8, 4) is 0 Å². The van der Waals surface area contributed by atoms with Gasteiger partial charge in [-0.3, -0.25) is 9.36 Å². The van der Waals surface area contributed by atoms with Gasteiger partial charge in [-0.1, -0.05) is 42.7 Å². The van der Waals surface area contributed by atoms with Crippen molar-refractivity contribution in [3.63, 3.8) is 0 Å². The van der Waals surface area contributed by atoms with E-state index in [1.54, 1.807) is 30.1 Å². The van der Waals surface area contributed by atoms with E-state index in [1.165, 1.54) is 10.9 Å². The molecule has 10 heteroatoms. The lowest BCUT2D eigenvalue weighted by Gasteiger charge is -2.42. The van der Waals surface area contributed by atoms with E-state index in [4.69, 9.17) is 16.1 Å². The van der Waals surface area contributed by atoms with Crippen LogP contribution < -0.4 is 5.56 Å². The number of rotatable bonds is 4. The maximum absolute atomic E-state index is 12.6. The molecule has 31 heavy (non-hydrogen) atoms. The SMILES string of the molecule is CC.Cn1cnc2ncn(Cc3nc(C4CC(O)(c5ccc(Cl)cc5)C4)no3)c(=O)c21. The minimum absolute atomic E-state index is 0.0115. The standard InChI is InChI=1S/C19H17ClN6O3.C2H6/c1-25-9-21-17-15(25)18(27)26(10-22-17)8-14-23-16(24-29-14)11-6-19(28,7-11)12-2-4-13(20)5-3-12;1-2/h2-5,9-11,28H,6-8H2,1H3;1-2H3. The summed E-state index contributed by atoms with van der Waals surface area (Å²) in [5.41, 5.74) is 0.497. The summed E-state index contributed by atoms with van der Waals surface area (Å²) in [6.45, 7) is 4.12. The lowest BCUT2D eigenvalue weighted by atomic mass is 9.67. The summed E-state index contributed by atoms with van der Waals surface area (Å²) in [5, 5.41) is 15.5. The Morgan fingerprint density at radius 3 is 2.58 bits per heavy atom. The first kappa shape index (κ1) is 21.2. The van der Waals surface area contributed by atoms with Gasteiger partial charge < -0.3 is 14.2 Å². The Bertz CT molecular complexity index is 1250. The van der Waals surface area contributed by atoms with Crippen LogP contribution in [0, 0.1) is 0 Å². The Balaban J connectivity index is 0.00000112. The van der Waals surface area contributed by atoms with Gasteiger partial charge in [0, 0.05) is 18.0 Å². The highest BCUT2D eigenvalue weighted by Gasteiger charge is 2.46. The Morgan fingerprint density at radius 2 is 1.87 bits per heavy atom. The van der Waals surface area contributed by atoms with Crippen LogP contribution in [-0.4, -0.2) is 34.3 Å². The first-order valence-electron chi connectivity index (χ1n) is 10.1. The molecule has 162 valence electrons. The van der Waals surface area contributed by atoms with E-state index in [0.29, 0.717) is 40.7 Å². The monoisotopic (exact) mass is 442 g/mol. The van der Waals surface area contributed by atoms with Crippen LogP contribution in [0.5, 0.6) is 0 Å². The van der Waals surface area contributed by atoms with Crippen molar-refractivity contribution in [2.24, 2.45) is 7.05 Å².